The number of thioether (sulfide) groups is 1. The number of likely N-dealkylation sites (tertiary alicyclic amines) is 1. The summed E-state index contributed by atoms with van der Waals surface area (Å²) in [5.74, 6) is 1.16. The summed E-state index contributed by atoms with van der Waals surface area (Å²) < 4.78 is 31.6. The zero-order valence-corrected chi connectivity index (χ0v) is 20.3. The van der Waals surface area contributed by atoms with E-state index in [2.05, 4.69) is 25.9 Å². The highest BCUT2D eigenvalue weighted by Crippen LogP contribution is 2.28. The lowest BCUT2D eigenvalue weighted by Crippen LogP contribution is -2.30. The van der Waals surface area contributed by atoms with Gasteiger partial charge in [0, 0.05) is 11.3 Å². The van der Waals surface area contributed by atoms with E-state index in [0.717, 1.165) is 62.3 Å². The highest BCUT2D eigenvalue weighted by atomic mass is 32.2. The zero-order valence-electron chi connectivity index (χ0n) is 19.5. The summed E-state index contributed by atoms with van der Waals surface area (Å²) in [6.07, 6.45) is 6.81. The number of ketones is 1. The van der Waals surface area contributed by atoms with Crippen molar-refractivity contribution in [3.8, 4) is 11.4 Å². The lowest BCUT2D eigenvalue weighted by Gasteiger charge is -2.26. The third-order valence-corrected chi connectivity index (χ3v) is 7.52. The van der Waals surface area contributed by atoms with E-state index >= 15 is 0 Å². The third-order valence-electron chi connectivity index (χ3n) is 6.59. The molecule has 0 amide bonds. The largest absolute Gasteiger partial charge is 0.435 e. The van der Waals surface area contributed by atoms with Crippen molar-refractivity contribution in [3.05, 3.63) is 65.0 Å². The van der Waals surface area contributed by atoms with Crippen LogP contribution in [0.4, 0.5) is 8.78 Å². The molecule has 0 spiro atoms. The Morgan fingerprint density at radius 3 is 2.51 bits per heavy atom. The molecule has 3 aromatic rings. The van der Waals surface area contributed by atoms with Crippen molar-refractivity contribution in [2.45, 2.75) is 56.8 Å². The number of ether oxygens (including phenoxy) is 1. The van der Waals surface area contributed by atoms with Gasteiger partial charge in [0.1, 0.15) is 5.75 Å². The Labute approximate surface area is 207 Å². The van der Waals surface area contributed by atoms with Gasteiger partial charge in [-0.2, -0.15) is 8.78 Å². The van der Waals surface area contributed by atoms with Crippen molar-refractivity contribution < 1.29 is 18.3 Å². The number of aromatic nitrogens is 3. The van der Waals surface area contributed by atoms with Gasteiger partial charge in [0.25, 0.3) is 0 Å². The number of fused-ring (bicyclic) bond motifs is 1. The van der Waals surface area contributed by atoms with Crippen LogP contribution >= 0.6 is 11.8 Å². The smallest absolute Gasteiger partial charge is 0.387 e. The number of nitrogens with zero attached hydrogens (tertiary/aromatic N) is 4. The maximum Gasteiger partial charge on any atom is 0.387 e. The minimum atomic E-state index is -2.87. The molecule has 1 aromatic heterocycles. The van der Waals surface area contributed by atoms with Crippen molar-refractivity contribution in [2.75, 3.05) is 18.8 Å². The topological polar surface area (TPSA) is 60.2 Å². The molecule has 35 heavy (non-hydrogen) atoms. The predicted octanol–water partition coefficient (Wildman–Crippen LogP) is 5.32. The predicted molar refractivity (Wildman–Crippen MR) is 131 cm³/mol. The van der Waals surface area contributed by atoms with Gasteiger partial charge in [-0.1, -0.05) is 30.3 Å². The molecule has 0 atom stereocenters. The first-order valence-corrected chi connectivity index (χ1v) is 13.0. The van der Waals surface area contributed by atoms with Crippen LogP contribution in [0.2, 0.25) is 0 Å². The summed E-state index contributed by atoms with van der Waals surface area (Å²) in [6, 6.07) is 12.5. The van der Waals surface area contributed by atoms with Crippen molar-refractivity contribution in [1.29, 1.82) is 0 Å². The fourth-order valence-corrected chi connectivity index (χ4v) is 5.67. The van der Waals surface area contributed by atoms with Crippen LogP contribution in [-0.4, -0.2) is 50.9 Å². The average Bonchev–Trinajstić information content (AvgIpc) is 3.50. The van der Waals surface area contributed by atoms with E-state index in [4.69, 9.17) is 0 Å². The number of carbonyl (C=O) groups is 1. The van der Waals surface area contributed by atoms with E-state index in [1.165, 1.54) is 41.4 Å². The van der Waals surface area contributed by atoms with Gasteiger partial charge in [0.05, 0.1) is 12.3 Å². The molecular weight excluding hydrogens is 470 g/mol. The number of Topliss-reactive ketones (excluding diaryl/α,β-unsaturated/α-hetero) is 1. The maximum absolute atomic E-state index is 13.0. The van der Waals surface area contributed by atoms with Gasteiger partial charge in [0.2, 0.25) is 0 Å². The summed E-state index contributed by atoms with van der Waals surface area (Å²) in [4.78, 5) is 15.3. The normalized spacial score (nSPS) is 16.0. The monoisotopic (exact) mass is 498 g/mol. The lowest BCUT2D eigenvalue weighted by atomic mass is 10.0. The van der Waals surface area contributed by atoms with Gasteiger partial charge in [-0.25, -0.2) is 0 Å². The molecule has 1 saturated heterocycles. The second kappa shape index (κ2) is 10.9. The van der Waals surface area contributed by atoms with Crippen LogP contribution in [0.15, 0.2) is 47.6 Å². The Morgan fingerprint density at radius 1 is 0.971 bits per heavy atom. The van der Waals surface area contributed by atoms with Gasteiger partial charge >= 0.3 is 6.61 Å². The fraction of sp³-hybridized carbons (Fsp3) is 0.423. The molecule has 0 N–H and O–H groups in total. The quantitative estimate of drug-likeness (QED) is 0.294. The molecule has 0 saturated carbocycles. The van der Waals surface area contributed by atoms with Crippen LogP contribution < -0.4 is 4.74 Å². The molecular formula is C26H28F2N4O2S. The molecule has 2 aliphatic rings. The summed E-state index contributed by atoms with van der Waals surface area (Å²) >= 11 is 1.35. The number of hydrogen-bond donors (Lipinski definition) is 0. The zero-order chi connectivity index (χ0) is 24.2. The summed E-state index contributed by atoms with van der Waals surface area (Å²) in [6.45, 7) is -0.218. The number of hydrogen-bond acceptors (Lipinski definition) is 6. The summed E-state index contributed by atoms with van der Waals surface area (Å²) in [5.41, 5.74) is 4.09. The molecule has 9 heteroatoms. The van der Waals surface area contributed by atoms with Crippen molar-refractivity contribution in [1.82, 2.24) is 19.7 Å². The van der Waals surface area contributed by atoms with Crippen molar-refractivity contribution >= 4 is 17.5 Å². The first kappa shape index (κ1) is 23.9. The van der Waals surface area contributed by atoms with E-state index in [-0.39, 0.29) is 17.3 Å². The number of carbonyl (C=O) groups excluding carboxylic acids is 1. The lowest BCUT2D eigenvalue weighted by molar-refractivity contribution is -0.0498. The number of halogens is 2. The SMILES string of the molecule is O=C(CSc1nnc(CN2CCCCC2)n1-c1ccc(OC(F)F)cc1)c1ccc2c(c1)CCC2. The highest BCUT2D eigenvalue weighted by Gasteiger charge is 2.21. The molecule has 0 bridgehead atoms. The molecule has 1 aliphatic heterocycles. The molecule has 0 unspecified atom stereocenters. The molecule has 184 valence electrons. The molecule has 5 rings (SSSR count). The molecule has 1 aliphatic carbocycles. The van der Waals surface area contributed by atoms with E-state index in [1.54, 1.807) is 12.1 Å². The van der Waals surface area contributed by atoms with Gasteiger partial charge in [-0.3, -0.25) is 14.3 Å². The minimum absolute atomic E-state index is 0.0533. The number of piperidine rings is 1. The standard InChI is InChI=1S/C26H28F2N4O2S/c27-25(28)34-22-11-9-21(10-12-22)32-24(16-31-13-2-1-3-14-31)29-30-26(32)35-17-23(33)20-8-7-18-5-4-6-19(18)15-20/h7-12,15,25H,1-6,13-14,16-17H2. The van der Waals surface area contributed by atoms with Crippen LogP contribution in [0.25, 0.3) is 5.69 Å². The molecule has 2 aromatic carbocycles. The fourth-order valence-electron chi connectivity index (χ4n) is 4.81. The van der Waals surface area contributed by atoms with Gasteiger partial charge < -0.3 is 4.74 Å². The van der Waals surface area contributed by atoms with Crippen molar-refractivity contribution in [3.63, 3.8) is 0 Å². The highest BCUT2D eigenvalue weighted by molar-refractivity contribution is 7.99. The number of benzene rings is 2. The van der Waals surface area contributed by atoms with Crippen LogP contribution in [0.1, 0.15) is 53.0 Å². The summed E-state index contributed by atoms with van der Waals surface area (Å²) in [5, 5.41) is 9.45. The number of rotatable bonds is 9. The third kappa shape index (κ3) is 5.73. The molecule has 1 fully saturated rings. The molecule has 2 heterocycles. The first-order valence-electron chi connectivity index (χ1n) is 12.1. The minimum Gasteiger partial charge on any atom is -0.435 e. The van der Waals surface area contributed by atoms with E-state index in [0.29, 0.717) is 11.7 Å². The Bertz CT molecular complexity index is 1180. The second-order valence-corrected chi connectivity index (χ2v) is 9.93. The van der Waals surface area contributed by atoms with E-state index < -0.39 is 6.61 Å². The maximum atomic E-state index is 13.0. The Hall–Kier alpha value is -2.78. The Kier molecular flexibility index (Phi) is 7.43. The van der Waals surface area contributed by atoms with Gasteiger partial charge in [0.15, 0.2) is 16.8 Å². The van der Waals surface area contributed by atoms with Crippen LogP contribution in [0.5, 0.6) is 5.75 Å². The molecule has 0 radical (unpaired) electrons. The first-order chi connectivity index (χ1) is 17.1. The summed E-state index contributed by atoms with van der Waals surface area (Å²) in [7, 11) is 0. The second-order valence-electron chi connectivity index (χ2n) is 8.99. The van der Waals surface area contributed by atoms with Gasteiger partial charge in [-0.05, 0) is 86.7 Å². The van der Waals surface area contributed by atoms with Crippen molar-refractivity contribution in [2.24, 2.45) is 0 Å². The number of aryl methyl sites for hydroxylation is 2. The Balaban J connectivity index is 1.36. The van der Waals surface area contributed by atoms with E-state index in [1.807, 2.05) is 16.7 Å². The van der Waals surface area contributed by atoms with Gasteiger partial charge in [-0.15, -0.1) is 10.2 Å². The van der Waals surface area contributed by atoms with Crippen LogP contribution in [0, 0.1) is 0 Å². The van der Waals surface area contributed by atoms with Crippen LogP contribution in [0.3, 0.4) is 0 Å². The van der Waals surface area contributed by atoms with Crippen LogP contribution in [-0.2, 0) is 19.4 Å². The average molecular weight is 499 g/mol. The number of alkyl halides is 2. The Morgan fingerprint density at radius 2 is 1.74 bits per heavy atom. The van der Waals surface area contributed by atoms with E-state index in [9.17, 15) is 13.6 Å². The molecule has 6 nitrogen and oxygen atoms in total.